The first-order chi connectivity index (χ1) is 8.10. The lowest BCUT2D eigenvalue weighted by Crippen LogP contribution is -2.16. The molecule has 0 saturated heterocycles. The summed E-state index contributed by atoms with van der Waals surface area (Å²) in [5.41, 5.74) is 0. The fourth-order valence-corrected chi connectivity index (χ4v) is 1.25. The van der Waals surface area contributed by atoms with E-state index in [1.165, 1.54) is 0 Å². The Morgan fingerprint density at radius 1 is 1.41 bits per heavy atom. The van der Waals surface area contributed by atoms with Gasteiger partial charge in [-0.25, -0.2) is 9.72 Å². The molecule has 94 valence electrons. The van der Waals surface area contributed by atoms with Gasteiger partial charge in [0.1, 0.15) is 19.3 Å². The highest BCUT2D eigenvalue weighted by molar-refractivity contribution is 5.71. The van der Waals surface area contributed by atoms with E-state index in [-0.39, 0.29) is 37.9 Å². The van der Waals surface area contributed by atoms with E-state index in [1.54, 1.807) is 0 Å². The van der Waals surface area contributed by atoms with Crippen molar-refractivity contribution in [2.75, 3.05) is 19.8 Å². The molecule has 0 unspecified atom stereocenters. The van der Waals surface area contributed by atoms with E-state index in [4.69, 9.17) is 10.2 Å². The molecular weight excluding hydrogens is 232 g/mol. The highest BCUT2D eigenvalue weighted by Crippen LogP contribution is 2.12. The van der Waals surface area contributed by atoms with Gasteiger partial charge in [0, 0.05) is 0 Å². The minimum atomic E-state index is -0.652. The largest absolute Gasteiger partial charge is 0.624 e. The normalized spacial score (nSPS) is 11.8. The molecule has 1 aromatic rings. The second-order valence-electron chi connectivity index (χ2n) is 3.10. The van der Waals surface area contributed by atoms with Crippen LogP contribution in [0.5, 0.6) is 0 Å². The molecule has 1 rings (SSSR count). The molecule has 0 aliphatic rings. The van der Waals surface area contributed by atoms with Crippen LogP contribution in [0.15, 0.2) is 6.20 Å². The molecule has 0 aliphatic carbocycles. The monoisotopic (exact) mass is 244 g/mol. The zero-order valence-corrected chi connectivity index (χ0v) is 8.89. The molecule has 0 atom stereocenters. The first-order valence-corrected chi connectivity index (χ1v) is 4.80. The lowest BCUT2D eigenvalue weighted by Gasteiger charge is -2.01. The number of rotatable bonds is 6. The molecule has 1 heterocycles. The summed E-state index contributed by atoms with van der Waals surface area (Å²) < 4.78 is 1.53. The highest BCUT2D eigenvalue weighted by Gasteiger charge is 2.20. The number of imidazole rings is 1. The van der Waals surface area contributed by atoms with Crippen LogP contribution in [0.4, 0.5) is 5.82 Å². The summed E-state index contributed by atoms with van der Waals surface area (Å²) in [7, 11) is 0. The van der Waals surface area contributed by atoms with E-state index in [0.717, 1.165) is 17.0 Å². The molecule has 0 saturated carbocycles. The molecule has 9 heteroatoms. The summed E-state index contributed by atoms with van der Waals surface area (Å²) in [6.45, 7) is -0.825. The van der Waals surface area contributed by atoms with Gasteiger partial charge >= 0.3 is 5.82 Å². The van der Waals surface area contributed by atoms with Crippen LogP contribution < -0.4 is 0 Å². The molecule has 0 fully saturated rings. The van der Waals surface area contributed by atoms with E-state index in [1.807, 2.05) is 0 Å². The second kappa shape index (κ2) is 5.92. The van der Waals surface area contributed by atoms with Gasteiger partial charge < -0.3 is 25.5 Å². The maximum atomic E-state index is 11.2. The maximum absolute atomic E-state index is 11.2. The number of hydrogen-bond donors (Lipinski definition) is 2. The Kier molecular flexibility index (Phi) is 4.55. The first kappa shape index (κ1) is 13.1. The number of aromatic nitrogens is 2. The smallest absolute Gasteiger partial charge is 0.343 e. The molecule has 0 radical (unpaired) electrons. The van der Waals surface area contributed by atoms with Crippen molar-refractivity contribution in [1.29, 1.82) is 0 Å². The lowest BCUT2D eigenvalue weighted by molar-refractivity contribution is -0.455. The van der Waals surface area contributed by atoms with E-state index < -0.39 is 4.92 Å². The zero-order chi connectivity index (χ0) is 12.8. The number of hydroxylamine groups is 1. The molecule has 0 aromatic carbocycles. The third-order valence-corrected chi connectivity index (χ3v) is 1.96. The highest BCUT2D eigenvalue weighted by atomic mass is 16.6. The number of aliphatic hydroxyl groups excluding tert-OH is 2. The van der Waals surface area contributed by atoms with Crippen LogP contribution in [0.25, 0.3) is 0 Å². The average molecular weight is 244 g/mol. The summed E-state index contributed by atoms with van der Waals surface area (Å²) in [6, 6.07) is 0. The average Bonchev–Trinajstić information content (AvgIpc) is 2.63. The summed E-state index contributed by atoms with van der Waals surface area (Å²) in [4.78, 5) is 13.7. The van der Waals surface area contributed by atoms with Crippen molar-refractivity contribution >= 4 is 12.0 Å². The molecule has 9 nitrogen and oxygen atoms in total. The number of aliphatic hydroxyl groups is 2. The Hall–Kier alpha value is -2.00. The van der Waals surface area contributed by atoms with Gasteiger partial charge in [0.2, 0.25) is 6.21 Å². The maximum Gasteiger partial charge on any atom is 0.343 e. The number of nitrogens with zero attached hydrogens (tertiary/aromatic N) is 4. The van der Waals surface area contributed by atoms with E-state index in [9.17, 15) is 15.3 Å². The van der Waals surface area contributed by atoms with E-state index in [2.05, 4.69) is 4.98 Å². The predicted octanol–water partition coefficient (Wildman–Crippen LogP) is -1.29. The molecule has 1 aromatic heterocycles. The van der Waals surface area contributed by atoms with Gasteiger partial charge in [0.15, 0.2) is 6.54 Å². The molecule has 0 amide bonds. The molecule has 0 aliphatic heterocycles. The summed E-state index contributed by atoms with van der Waals surface area (Å²) in [5, 5.41) is 39.1. The van der Waals surface area contributed by atoms with Crippen molar-refractivity contribution < 1.29 is 19.9 Å². The summed E-state index contributed by atoms with van der Waals surface area (Å²) >= 11 is 0. The Labute approximate surface area is 96.0 Å². The molecular formula is C8H12N4O5. The second-order valence-corrected chi connectivity index (χ2v) is 3.10. The van der Waals surface area contributed by atoms with Crippen LogP contribution in [-0.4, -0.2) is 55.4 Å². The van der Waals surface area contributed by atoms with Crippen LogP contribution in [0.2, 0.25) is 0 Å². The number of nitro groups is 1. The van der Waals surface area contributed by atoms with Gasteiger partial charge in [-0.3, -0.25) is 0 Å². The van der Waals surface area contributed by atoms with Crippen LogP contribution >= 0.6 is 0 Å². The lowest BCUT2D eigenvalue weighted by atomic mass is 10.5. The van der Waals surface area contributed by atoms with Crippen LogP contribution in [0.3, 0.4) is 0 Å². The van der Waals surface area contributed by atoms with E-state index >= 15 is 0 Å². The van der Waals surface area contributed by atoms with Crippen molar-refractivity contribution in [3.05, 3.63) is 27.3 Å². The molecule has 2 N–H and O–H groups in total. The van der Waals surface area contributed by atoms with Crippen LogP contribution in [0.1, 0.15) is 5.82 Å². The van der Waals surface area contributed by atoms with Crippen molar-refractivity contribution in [3.63, 3.8) is 0 Å². The topological polar surface area (TPSA) is 127 Å². The van der Waals surface area contributed by atoms with Gasteiger partial charge in [0.05, 0.1) is 6.61 Å². The van der Waals surface area contributed by atoms with Crippen molar-refractivity contribution in [1.82, 2.24) is 9.55 Å². The molecule has 17 heavy (non-hydrogen) atoms. The summed E-state index contributed by atoms with van der Waals surface area (Å²) in [5.74, 6) is -0.239. The van der Waals surface area contributed by atoms with Crippen molar-refractivity contribution in [2.24, 2.45) is 0 Å². The fraction of sp³-hybridized carbons (Fsp3) is 0.500. The first-order valence-electron chi connectivity index (χ1n) is 4.80. The van der Waals surface area contributed by atoms with Gasteiger partial charge in [-0.15, -0.1) is 0 Å². The van der Waals surface area contributed by atoms with Gasteiger partial charge in [0.25, 0.3) is 5.82 Å². The molecule has 0 spiro atoms. The number of hydrogen-bond acceptors (Lipinski definition) is 6. The third-order valence-electron chi connectivity index (χ3n) is 1.96. The standard InChI is InChI=1S/C8H12N4O5/c13-3-1-10(15)6-7-9-5-8(12(16)17)11(7)2-4-14/h5-6,13-14H,1-4H2. The molecule has 0 bridgehead atoms. The zero-order valence-electron chi connectivity index (χ0n) is 8.89. The quantitative estimate of drug-likeness (QED) is 0.210. The van der Waals surface area contributed by atoms with E-state index in [0.29, 0.717) is 4.74 Å². The van der Waals surface area contributed by atoms with Crippen LogP contribution in [-0.2, 0) is 6.54 Å². The van der Waals surface area contributed by atoms with Crippen molar-refractivity contribution in [2.45, 2.75) is 6.54 Å². The Morgan fingerprint density at radius 2 is 2.12 bits per heavy atom. The predicted molar refractivity (Wildman–Crippen MR) is 56.7 cm³/mol. The van der Waals surface area contributed by atoms with Gasteiger partial charge in [-0.1, -0.05) is 0 Å². The van der Waals surface area contributed by atoms with Crippen LogP contribution in [0, 0.1) is 15.3 Å². The van der Waals surface area contributed by atoms with Gasteiger partial charge in [-0.2, -0.15) is 4.57 Å². The Bertz CT molecular complexity index is 428. The Balaban J connectivity index is 3.07. The minimum Gasteiger partial charge on any atom is -0.624 e. The van der Waals surface area contributed by atoms with Crippen molar-refractivity contribution in [3.8, 4) is 0 Å². The Morgan fingerprint density at radius 3 is 2.65 bits per heavy atom. The fourth-order valence-electron chi connectivity index (χ4n) is 1.25. The summed E-state index contributed by atoms with van der Waals surface area (Å²) in [6.07, 6.45) is 2.03. The third kappa shape index (κ3) is 3.23. The minimum absolute atomic E-state index is 0.0326. The SMILES string of the molecule is O=[N+]([O-])c1cnc(C=[N+]([O-])CCO)n1CCO. The van der Waals surface area contributed by atoms with Gasteiger partial charge in [-0.05, 0) is 4.92 Å².